The van der Waals surface area contributed by atoms with Crippen LogP contribution in [0.3, 0.4) is 0 Å². The summed E-state index contributed by atoms with van der Waals surface area (Å²) in [6.45, 7) is 3.47. The maximum atomic E-state index is 13.1. The van der Waals surface area contributed by atoms with E-state index in [1.165, 1.54) is 18.2 Å². The van der Waals surface area contributed by atoms with Crippen LogP contribution in [-0.2, 0) is 19.1 Å². The zero-order valence-corrected chi connectivity index (χ0v) is 21.4. The normalized spacial score (nSPS) is 18.0. The molecule has 39 heavy (non-hydrogen) atoms. The lowest BCUT2D eigenvalue weighted by Gasteiger charge is -2.43. The topological polar surface area (TPSA) is 92.0 Å². The van der Waals surface area contributed by atoms with E-state index in [2.05, 4.69) is 0 Å². The molecule has 1 aliphatic rings. The van der Waals surface area contributed by atoms with Gasteiger partial charge in [0.1, 0.15) is 16.9 Å². The van der Waals surface area contributed by atoms with Crippen molar-refractivity contribution in [1.29, 1.82) is 0 Å². The lowest BCUT2D eigenvalue weighted by Crippen LogP contribution is -2.52. The maximum absolute atomic E-state index is 13.1. The first-order valence-corrected chi connectivity index (χ1v) is 12.4. The van der Waals surface area contributed by atoms with E-state index in [1.54, 1.807) is 44.2 Å². The van der Waals surface area contributed by atoms with Gasteiger partial charge in [-0.1, -0.05) is 60.7 Å². The number of rotatable bonds is 6. The fourth-order valence-corrected chi connectivity index (χ4v) is 4.46. The summed E-state index contributed by atoms with van der Waals surface area (Å²) in [5.74, 6) is -0.950. The van der Waals surface area contributed by atoms with Crippen molar-refractivity contribution in [1.82, 2.24) is 0 Å². The van der Waals surface area contributed by atoms with Crippen LogP contribution in [0, 0.1) is 0 Å². The van der Waals surface area contributed by atoms with Gasteiger partial charge in [-0.15, -0.1) is 0 Å². The monoisotopic (exact) mass is 522 g/mol. The van der Waals surface area contributed by atoms with Crippen LogP contribution >= 0.6 is 0 Å². The minimum atomic E-state index is -1.13. The molecule has 1 aliphatic heterocycles. The number of fused-ring (bicyclic) bond motifs is 3. The first kappa shape index (κ1) is 25.7. The first-order valence-electron chi connectivity index (χ1n) is 12.4. The fraction of sp³-hybridized carbons (Fsp3) is 0.156. The van der Waals surface area contributed by atoms with E-state index in [1.807, 2.05) is 60.7 Å². The predicted molar refractivity (Wildman–Crippen MR) is 147 cm³/mol. The zero-order chi connectivity index (χ0) is 27.4. The van der Waals surface area contributed by atoms with Crippen LogP contribution in [0.2, 0.25) is 0 Å². The van der Waals surface area contributed by atoms with E-state index in [-0.39, 0.29) is 5.58 Å². The minimum absolute atomic E-state index is 0.196. The summed E-state index contributed by atoms with van der Waals surface area (Å²) in [5.41, 5.74) is 0.472. The molecule has 2 atom stereocenters. The maximum Gasteiger partial charge on any atom is 0.336 e. The number of hydrogen-bond acceptors (Lipinski definition) is 7. The Hall–Kier alpha value is -4.91. The lowest BCUT2D eigenvalue weighted by molar-refractivity contribution is -0.184. The molecular weight excluding hydrogens is 496 g/mol. The number of hydrogen-bond donors (Lipinski definition) is 0. The summed E-state index contributed by atoms with van der Waals surface area (Å²) in [6.07, 6.45) is 3.67. The highest BCUT2D eigenvalue weighted by Crippen LogP contribution is 2.46. The highest BCUT2D eigenvalue weighted by molar-refractivity contribution is 5.89. The number of benzene rings is 3. The van der Waals surface area contributed by atoms with Crippen LogP contribution in [0.15, 0.2) is 106 Å². The molecule has 0 bridgehead atoms. The SMILES string of the molecule is CC1(C)Oc2ccc3ccc(=O)oc3c2[C@H](OC(=O)/C=C/c2ccccc2)[C@@H]1OC(=O)/C=C/c1ccccc1. The third-order valence-corrected chi connectivity index (χ3v) is 6.31. The molecule has 0 radical (unpaired) electrons. The van der Waals surface area contributed by atoms with Crippen LogP contribution in [0.25, 0.3) is 23.1 Å². The molecule has 0 saturated heterocycles. The Balaban J connectivity index is 1.53. The summed E-state index contributed by atoms with van der Waals surface area (Å²) in [7, 11) is 0. The Morgan fingerprint density at radius 2 is 1.33 bits per heavy atom. The molecule has 0 fully saturated rings. The molecule has 7 heteroatoms. The number of carbonyl (C=O) groups is 2. The second-order valence-corrected chi connectivity index (χ2v) is 9.56. The van der Waals surface area contributed by atoms with E-state index in [4.69, 9.17) is 18.6 Å². The van der Waals surface area contributed by atoms with Crippen molar-refractivity contribution in [3.63, 3.8) is 0 Å². The largest absolute Gasteiger partial charge is 0.483 e. The molecule has 0 saturated carbocycles. The van der Waals surface area contributed by atoms with Gasteiger partial charge in [-0.05, 0) is 55.3 Å². The van der Waals surface area contributed by atoms with E-state index < -0.39 is 35.4 Å². The summed E-state index contributed by atoms with van der Waals surface area (Å²) < 4.78 is 23.5. The van der Waals surface area contributed by atoms with Crippen LogP contribution in [0.5, 0.6) is 5.75 Å². The van der Waals surface area contributed by atoms with Crippen molar-refractivity contribution in [2.24, 2.45) is 0 Å². The summed E-state index contributed by atoms with van der Waals surface area (Å²) in [4.78, 5) is 38.1. The second kappa shape index (κ2) is 10.8. The van der Waals surface area contributed by atoms with Gasteiger partial charge >= 0.3 is 17.6 Å². The van der Waals surface area contributed by atoms with Crippen molar-refractivity contribution in [3.05, 3.63) is 124 Å². The standard InChI is InChI=1S/C32H26O7/c1-32(2)31(38-27(35)19-14-22-11-7-4-8-12-22)30(37-25(33)18-13-21-9-5-3-6-10-21)28-24(39-32)17-15-23-16-20-26(34)36-29(23)28/h3-20,30-31H,1-2H3/b18-13+,19-14+/t30-,31-/m0/s1. The van der Waals surface area contributed by atoms with E-state index in [0.29, 0.717) is 16.7 Å². The molecule has 0 unspecified atom stereocenters. The third kappa shape index (κ3) is 5.83. The van der Waals surface area contributed by atoms with Crippen molar-refractivity contribution in [2.45, 2.75) is 31.7 Å². The molecule has 7 nitrogen and oxygen atoms in total. The first-order chi connectivity index (χ1) is 18.8. The molecule has 3 aromatic carbocycles. The van der Waals surface area contributed by atoms with Crippen molar-refractivity contribution in [3.8, 4) is 5.75 Å². The van der Waals surface area contributed by atoms with Gasteiger partial charge in [-0.2, -0.15) is 0 Å². The molecule has 1 aromatic heterocycles. The van der Waals surface area contributed by atoms with Gasteiger partial charge in [0, 0.05) is 23.6 Å². The van der Waals surface area contributed by atoms with Gasteiger partial charge in [-0.25, -0.2) is 14.4 Å². The van der Waals surface area contributed by atoms with Crippen LogP contribution < -0.4 is 10.4 Å². The van der Waals surface area contributed by atoms with Gasteiger partial charge in [-0.3, -0.25) is 0 Å². The summed E-state index contributed by atoms with van der Waals surface area (Å²) >= 11 is 0. The zero-order valence-electron chi connectivity index (χ0n) is 21.4. The highest BCUT2D eigenvalue weighted by Gasteiger charge is 2.49. The van der Waals surface area contributed by atoms with E-state index in [0.717, 1.165) is 11.1 Å². The average molecular weight is 523 g/mol. The Labute approximate surface area is 224 Å². The molecule has 4 aromatic rings. The van der Waals surface area contributed by atoms with E-state index >= 15 is 0 Å². The molecular formula is C32H26O7. The quantitative estimate of drug-likeness (QED) is 0.177. The second-order valence-electron chi connectivity index (χ2n) is 9.56. The Kier molecular flexibility index (Phi) is 7.14. The molecule has 0 spiro atoms. The molecule has 0 aliphatic carbocycles. The van der Waals surface area contributed by atoms with E-state index in [9.17, 15) is 14.4 Å². The smallest absolute Gasteiger partial charge is 0.336 e. The molecule has 5 rings (SSSR count). The van der Waals surface area contributed by atoms with Crippen molar-refractivity contribution >= 4 is 35.1 Å². The predicted octanol–water partition coefficient (Wildman–Crippen LogP) is 5.89. The summed E-state index contributed by atoms with van der Waals surface area (Å²) in [5, 5.41) is 0.603. The van der Waals surface area contributed by atoms with Gasteiger partial charge in [0.25, 0.3) is 0 Å². The average Bonchev–Trinajstić information content (AvgIpc) is 2.93. The third-order valence-electron chi connectivity index (χ3n) is 6.31. The molecule has 2 heterocycles. The summed E-state index contributed by atoms with van der Waals surface area (Å²) in [6, 6.07) is 25.0. The van der Waals surface area contributed by atoms with Gasteiger partial charge in [0.15, 0.2) is 12.2 Å². The molecule has 196 valence electrons. The van der Waals surface area contributed by atoms with Crippen molar-refractivity contribution in [2.75, 3.05) is 0 Å². The molecule has 0 amide bonds. The highest BCUT2D eigenvalue weighted by atomic mass is 16.6. The van der Waals surface area contributed by atoms with Gasteiger partial charge in [0.05, 0.1) is 5.56 Å². The molecule has 0 N–H and O–H groups in total. The number of esters is 2. The minimum Gasteiger partial charge on any atom is -0.483 e. The van der Waals surface area contributed by atoms with Crippen molar-refractivity contribution < 1.29 is 28.2 Å². The van der Waals surface area contributed by atoms with Gasteiger partial charge in [0.2, 0.25) is 0 Å². The number of carbonyl (C=O) groups excluding carboxylic acids is 2. The van der Waals surface area contributed by atoms with Gasteiger partial charge < -0.3 is 18.6 Å². The van der Waals surface area contributed by atoms with Crippen LogP contribution in [-0.4, -0.2) is 23.6 Å². The lowest BCUT2D eigenvalue weighted by atomic mass is 9.87. The van der Waals surface area contributed by atoms with Crippen LogP contribution in [0.1, 0.15) is 36.6 Å². The Bertz CT molecular complexity index is 1620. The Morgan fingerprint density at radius 3 is 1.95 bits per heavy atom. The Morgan fingerprint density at radius 1 is 0.769 bits per heavy atom. The number of ether oxygens (including phenoxy) is 3. The van der Waals surface area contributed by atoms with Crippen LogP contribution in [0.4, 0.5) is 0 Å². The fourth-order valence-electron chi connectivity index (χ4n) is 4.46.